The number of para-hydroxylation sites is 2. The second kappa shape index (κ2) is 9.64. The van der Waals surface area contributed by atoms with Gasteiger partial charge in [-0.2, -0.15) is 0 Å². The number of benzene rings is 2. The van der Waals surface area contributed by atoms with Gasteiger partial charge in [0.25, 0.3) is 0 Å². The quantitative estimate of drug-likeness (QED) is 0.797. The highest BCUT2D eigenvalue weighted by Crippen LogP contribution is 2.29. The van der Waals surface area contributed by atoms with Crippen LogP contribution in [0.4, 0.5) is 16.2 Å². The standard InChI is InChI=1S/C24H28N4O3/c29-22-17-28(21-13-7-6-12-19(21)25-22)24(31)26-20(16-18-10-4-3-5-11-18)23(30)27-14-8-1-2-9-15-27/h3-7,10-13,20H,1-2,8-9,14-17H2,(H,25,29)(H,26,31)/t20-/m0/s1. The van der Waals surface area contributed by atoms with E-state index in [9.17, 15) is 14.4 Å². The van der Waals surface area contributed by atoms with Crippen LogP contribution in [-0.2, 0) is 16.0 Å². The molecule has 1 fully saturated rings. The first kappa shape index (κ1) is 20.9. The fourth-order valence-corrected chi connectivity index (χ4v) is 4.20. The number of hydrogen-bond donors (Lipinski definition) is 2. The van der Waals surface area contributed by atoms with E-state index in [0.717, 1.165) is 44.3 Å². The minimum atomic E-state index is -0.690. The summed E-state index contributed by atoms with van der Waals surface area (Å²) in [4.78, 5) is 42.0. The molecule has 0 radical (unpaired) electrons. The van der Waals surface area contributed by atoms with Crippen LogP contribution in [-0.4, -0.2) is 48.4 Å². The summed E-state index contributed by atoms with van der Waals surface area (Å²) in [5, 5.41) is 5.71. The normalized spacial score (nSPS) is 17.2. The smallest absolute Gasteiger partial charge is 0.323 e. The molecule has 4 rings (SSSR count). The van der Waals surface area contributed by atoms with Gasteiger partial charge in [0.1, 0.15) is 12.6 Å². The van der Waals surface area contributed by atoms with Gasteiger partial charge < -0.3 is 15.5 Å². The van der Waals surface area contributed by atoms with Gasteiger partial charge in [-0.15, -0.1) is 0 Å². The Morgan fingerprint density at radius 3 is 2.35 bits per heavy atom. The number of nitrogens with zero attached hydrogens (tertiary/aromatic N) is 2. The summed E-state index contributed by atoms with van der Waals surface area (Å²) in [7, 11) is 0. The van der Waals surface area contributed by atoms with Gasteiger partial charge in [0.05, 0.1) is 11.4 Å². The number of carbonyl (C=O) groups excluding carboxylic acids is 3. The number of rotatable bonds is 4. The summed E-state index contributed by atoms with van der Waals surface area (Å²) in [6.07, 6.45) is 4.62. The molecule has 1 saturated heterocycles. The molecule has 7 nitrogen and oxygen atoms in total. The predicted molar refractivity (Wildman–Crippen MR) is 120 cm³/mol. The lowest BCUT2D eigenvalue weighted by Gasteiger charge is -2.32. The van der Waals surface area contributed by atoms with Crippen LogP contribution in [0.5, 0.6) is 0 Å². The third-order valence-electron chi connectivity index (χ3n) is 5.81. The molecule has 0 aliphatic carbocycles. The third kappa shape index (κ3) is 5.05. The van der Waals surface area contributed by atoms with Gasteiger partial charge in [0.2, 0.25) is 11.8 Å². The van der Waals surface area contributed by atoms with E-state index in [2.05, 4.69) is 10.6 Å². The highest BCUT2D eigenvalue weighted by atomic mass is 16.2. The molecule has 162 valence electrons. The van der Waals surface area contributed by atoms with Crippen molar-refractivity contribution in [3.63, 3.8) is 0 Å². The van der Waals surface area contributed by atoms with Gasteiger partial charge in [0, 0.05) is 19.5 Å². The van der Waals surface area contributed by atoms with Gasteiger partial charge in [-0.25, -0.2) is 4.79 Å². The number of urea groups is 1. The summed E-state index contributed by atoms with van der Waals surface area (Å²) < 4.78 is 0. The Kier molecular flexibility index (Phi) is 6.50. The molecule has 2 aromatic carbocycles. The Balaban J connectivity index is 1.56. The van der Waals surface area contributed by atoms with Crippen molar-refractivity contribution in [3.05, 3.63) is 60.2 Å². The Morgan fingerprint density at radius 1 is 0.935 bits per heavy atom. The maximum Gasteiger partial charge on any atom is 0.323 e. The fraction of sp³-hybridized carbons (Fsp3) is 0.375. The number of hydrogen-bond acceptors (Lipinski definition) is 3. The highest BCUT2D eigenvalue weighted by molar-refractivity contribution is 6.10. The second-order valence-electron chi connectivity index (χ2n) is 8.08. The zero-order chi connectivity index (χ0) is 21.6. The van der Waals surface area contributed by atoms with E-state index in [1.165, 1.54) is 4.90 Å². The minimum absolute atomic E-state index is 0.0613. The first-order valence-corrected chi connectivity index (χ1v) is 10.9. The lowest BCUT2D eigenvalue weighted by atomic mass is 10.0. The Labute approximate surface area is 182 Å². The zero-order valence-electron chi connectivity index (χ0n) is 17.5. The molecule has 31 heavy (non-hydrogen) atoms. The lowest BCUT2D eigenvalue weighted by molar-refractivity contribution is -0.133. The van der Waals surface area contributed by atoms with E-state index in [1.807, 2.05) is 47.4 Å². The van der Waals surface area contributed by atoms with Crippen molar-refractivity contribution in [1.82, 2.24) is 10.2 Å². The number of likely N-dealkylation sites (tertiary alicyclic amines) is 1. The summed E-state index contributed by atoms with van der Waals surface area (Å²) in [6, 6.07) is 15.7. The van der Waals surface area contributed by atoms with Gasteiger partial charge >= 0.3 is 6.03 Å². The zero-order valence-corrected chi connectivity index (χ0v) is 17.5. The van der Waals surface area contributed by atoms with Crippen molar-refractivity contribution in [2.45, 2.75) is 38.1 Å². The molecule has 7 heteroatoms. The molecule has 4 amide bonds. The van der Waals surface area contributed by atoms with Gasteiger partial charge in [-0.3, -0.25) is 14.5 Å². The molecule has 0 saturated carbocycles. The minimum Gasteiger partial charge on any atom is -0.341 e. The Hall–Kier alpha value is -3.35. The highest BCUT2D eigenvalue weighted by Gasteiger charge is 2.32. The molecule has 2 N–H and O–H groups in total. The lowest BCUT2D eigenvalue weighted by Crippen LogP contribution is -2.55. The molecule has 0 aromatic heterocycles. The average Bonchev–Trinajstić information content (AvgIpc) is 3.08. The molecular formula is C24H28N4O3. The second-order valence-corrected chi connectivity index (χ2v) is 8.08. The van der Waals surface area contributed by atoms with Crippen LogP contribution in [0, 0.1) is 0 Å². The van der Waals surface area contributed by atoms with Crippen molar-refractivity contribution in [1.29, 1.82) is 0 Å². The van der Waals surface area contributed by atoms with Crippen LogP contribution in [0.25, 0.3) is 0 Å². The number of nitrogens with one attached hydrogen (secondary N) is 2. The average molecular weight is 421 g/mol. The van der Waals surface area contributed by atoms with Crippen LogP contribution in [0.15, 0.2) is 54.6 Å². The van der Waals surface area contributed by atoms with Crippen molar-refractivity contribution in [2.75, 3.05) is 29.9 Å². The molecule has 2 aliphatic rings. The first-order chi connectivity index (χ1) is 15.1. The maximum absolute atomic E-state index is 13.4. The Morgan fingerprint density at radius 2 is 1.61 bits per heavy atom. The molecule has 2 aromatic rings. The summed E-state index contributed by atoms with van der Waals surface area (Å²) >= 11 is 0. The number of anilines is 2. The number of fused-ring (bicyclic) bond motifs is 1. The predicted octanol–water partition coefficient (Wildman–Crippen LogP) is 3.17. The molecule has 1 atom stereocenters. The topological polar surface area (TPSA) is 81.8 Å². The monoisotopic (exact) mass is 420 g/mol. The largest absolute Gasteiger partial charge is 0.341 e. The van der Waals surface area contributed by atoms with Gasteiger partial charge in [-0.1, -0.05) is 55.3 Å². The SMILES string of the molecule is O=C1CN(C(=O)N[C@@H](Cc2ccccc2)C(=O)N2CCCCCC2)c2ccccc2N1. The molecule has 0 spiro atoms. The fourth-order valence-electron chi connectivity index (χ4n) is 4.20. The van der Waals surface area contributed by atoms with Crippen LogP contribution in [0.3, 0.4) is 0 Å². The van der Waals surface area contributed by atoms with Crippen molar-refractivity contribution in [2.24, 2.45) is 0 Å². The van der Waals surface area contributed by atoms with Crippen LogP contribution >= 0.6 is 0 Å². The van der Waals surface area contributed by atoms with E-state index in [4.69, 9.17) is 0 Å². The Bertz CT molecular complexity index is 939. The third-order valence-corrected chi connectivity index (χ3v) is 5.81. The summed E-state index contributed by atoms with van der Waals surface area (Å²) in [6.45, 7) is 1.35. The van der Waals surface area contributed by atoms with Gasteiger partial charge in [0.15, 0.2) is 0 Å². The molecule has 0 bridgehead atoms. The summed E-state index contributed by atoms with van der Waals surface area (Å²) in [5.41, 5.74) is 2.19. The number of carbonyl (C=O) groups is 3. The maximum atomic E-state index is 13.4. The van der Waals surface area contributed by atoms with Crippen molar-refractivity contribution >= 4 is 29.2 Å². The van der Waals surface area contributed by atoms with Gasteiger partial charge in [-0.05, 0) is 30.5 Å². The van der Waals surface area contributed by atoms with Crippen molar-refractivity contribution in [3.8, 4) is 0 Å². The van der Waals surface area contributed by atoms with E-state index in [1.54, 1.807) is 12.1 Å². The first-order valence-electron chi connectivity index (χ1n) is 10.9. The molecule has 2 aliphatic heterocycles. The van der Waals surface area contributed by atoms with E-state index >= 15 is 0 Å². The molecule has 0 unspecified atom stereocenters. The van der Waals surface area contributed by atoms with E-state index in [0.29, 0.717) is 17.8 Å². The summed E-state index contributed by atoms with van der Waals surface area (Å²) in [5.74, 6) is -0.318. The van der Waals surface area contributed by atoms with Crippen LogP contribution < -0.4 is 15.5 Å². The van der Waals surface area contributed by atoms with E-state index < -0.39 is 12.1 Å². The molecular weight excluding hydrogens is 392 g/mol. The van der Waals surface area contributed by atoms with Crippen LogP contribution in [0.2, 0.25) is 0 Å². The van der Waals surface area contributed by atoms with Crippen molar-refractivity contribution < 1.29 is 14.4 Å². The number of amides is 4. The van der Waals surface area contributed by atoms with Crippen LogP contribution in [0.1, 0.15) is 31.2 Å². The van der Waals surface area contributed by atoms with E-state index in [-0.39, 0.29) is 18.4 Å². The molecule has 2 heterocycles.